The van der Waals surface area contributed by atoms with Gasteiger partial charge in [0.05, 0.1) is 6.61 Å². The molecule has 1 aliphatic rings. The van der Waals surface area contributed by atoms with Crippen LogP contribution in [0.25, 0.3) is 0 Å². The van der Waals surface area contributed by atoms with E-state index in [1.807, 2.05) is 24.3 Å². The highest BCUT2D eigenvalue weighted by atomic mass is 19.1. The van der Waals surface area contributed by atoms with Crippen molar-refractivity contribution in [2.24, 2.45) is 0 Å². The van der Waals surface area contributed by atoms with Crippen LogP contribution >= 0.6 is 0 Å². The van der Waals surface area contributed by atoms with Crippen LogP contribution in [0, 0.1) is 5.82 Å². The third kappa shape index (κ3) is 3.09. The molecule has 0 amide bonds. The second kappa shape index (κ2) is 6.30. The first-order chi connectivity index (χ1) is 11.0. The Morgan fingerprint density at radius 2 is 1.91 bits per heavy atom. The van der Waals surface area contributed by atoms with Crippen LogP contribution in [-0.2, 0) is 16.9 Å². The summed E-state index contributed by atoms with van der Waals surface area (Å²) in [7, 11) is 4.13. The zero-order valence-electron chi connectivity index (χ0n) is 13.7. The lowest BCUT2D eigenvalue weighted by Crippen LogP contribution is -2.28. The number of nitrogens with two attached hydrogens (primary N) is 1. The lowest BCUT2D eigenvalue weighted by Gasteiger charge is -2.31. The van der Waals surface area contributed by atoms with E-state index in [-0.39, 0.29) is 5.82 Å². The third-order valence-corrected chi connectivity index (χ3v) is 4.48. The molecule has 0 saturated carbocycles. The van der Waals surface area contributed by atoms with E-state index >= 15 is 0 Å². The standard InChI is InChI=1S/C19H23FN2O/c1-22(2)11-3-10-19(15-4-6-16(20)7-5-15)18-9-8-17(21)12-14(18)13-23-19/h4-9,12H,3,10-11,13,21H2,1-2H3/t19-/m0/s1. The summed E-state index contributed by atoms with van der Waals surface area (Å²) in [4.78, 5) is 2.16. The van der Waals surface area contributed by atoms with E-state index in [0.717, 1.165) is 41.8 Å². The van der Waals surface area contributed by atoms with Crippen molar-refractivity contribution in [1.29, 1.82) is 0 Å². The van der Waals surface area contributed by atoms with E-state index in [1.54, 1.807) is 0 Å². The molecule has 1 aliphatic heterocycles. The van der Waals surface area contributed by atoms with Crippen LogP contribution in [0.4, 0.5) is 10.1 Å². The number of ether oxygens (including phenoxy) is 1. The molecule has 0 aromatic heterocycles. The largest absolute Gasteiger partial charge is 0.399 e. The minimum Gasteiger partial charge on any atom is -0.399 e. The van der Waals surface area contributed by atoms with Crippen LogP contribution in [0.3, 0.4) is 0 Å². The summed E-state index contributed by atoms with van der Waals surface area (Å²) in [5.41, 5.74) is 9.42. The van der Waals surface area contributed by atoms with Crippen LogP contribution in [0.5, 0.6) is 0 Å². The molecule has 0 spiro atoms. The van der Waals surface area contributed by atoms with E-state index in [4.69, 9.17) is 10.5 Å². The highest BCUT2D eigenvalue weighted by molar-refractivity contribution is 5.51. The Morgan fingerprint density at radius 1 is 1.17 bits per heavy atom. The predicted octanol–water partition coefficient (Wildman–Crippen LogP) is 3.52. The van der Waals surface area contributed by atoms with Gasteiger partial charge in [0, 0.05) is 5.69 Å². The zero-order valence-corrected chi connectivity index (χ0v) is 13.7. The minimum absolute atomic E-state index is 0.229. The summed E-state index contributed by atoms with van der Waals surface area (Å²) in [6, 6.07) is 12.6. The molecule has 23 heavy (non-hydrogen) atoms. The Bertz CT molecular complexity index is 684. The first-order valence-corrected chi connectivity index (χ1v) is 7.95. The summed E-state index contributed by atoms with van der Waals surface area (Å²) in [6.45, 7) is 1.52. The van der Waals surface area contributed by atoms with E-state index in [2.05, 4.69) is 25.1 Å². The fraction of sp³-hybridized carbons (Fsp3) is 0.368. The molecule has 0 fully saturated rings. The molecule has 2 aromatic rings. The predicted molar refractivity (Wildman–Crippen MR) is 90.6 cm³/mol. The SMILES string of the molecule is CN(C)CCC[C@@]1(c2ccc(F)cc2)OCc2cc(N)ccc21. The van der Waals surface area contributed by atoms with Crippen LogP contribution in [0.2, 0.25) is 0 Å². The number of halogens is 1. The van der Waals surface area contributed by atoms with Gasteiger partial charge >= 0.3 is 0 Å². The topological polar surface area (TPSA) is 38.5 Å². The van der Waals surface area contributed by atoms with Gasteiger partial charge in [0.2, 0.25) is 0 Å². The molecule has 0 radical (unpaired) electrons. The smallest absolute Gasteiger partial charge is 0.123 e. The number of rotatable bonds is 5. The van der Waals surface area contributed by atoms with Crippen molar-refractivity contribution in [2.45, 2.75) is 25.0 Å². The molecule has 0 saturated heterocycles. The molecule has 1 heterocycles. The summed E-state index contributed by atoms with van der Waals surface area (Å²) in [5.74, 6) is -0.229. The van der Waals surface area contributed by atoms with Crippen LogP contribution in [-0.4, -0.2) is 25.5 Å². The zero-order chi connectivity index (χ0) is 16.4. The van der Waals surface area contributed by atoms with Crippen molar-refractivity contribution < 1.29 is 9.13 Å². The van der Waals surface area contributed by atoms with Gasteiger partial charge in [-0.1, -0.05) is 18.2 Å². The number of hydrogen-bond acceptors (Lipinski definition) is 3. The third-order valence-electron chi connectivity index (χ3n) is 4.48. The highest BCUT2D eigenvalue weighted by Gasteiger charge is 2.41. The number of benzene rings is 2. The quantitative estimate of drug-likeness (QED) is 0.858. The van der Waals surface area contributed by atoms with E-state index in [9.17, 15) is 4.39 Å². The molecular weight excluding hydrogens is 291 g/mol. The minimum atomic E-state index is -0.507. The number of hydrogen-bond donors (Lipinski definition) is 1. The average molecular weight is 314 g/mol. The van der Waals surface area contributed by atoms with Crippen molar-refractivity contribution in [1.82, 2.24) is 4.90 Å². The molecule has 0 bridgehead atoms. The Morgan fingerprint density at radius 3 is 2.61 bits per heavy atom. The summed E-state index contributed by atoms with van der Waals surface area (Å²) < 4.78 is 19.6. The van der Waals surface area contributed by atoms with Crippen molar-refractivity contribution in [2.75, 3.05) is 26.4 Å². The maximum absolute atomic E-state index is 13.3. The molecule has 1 atom stereocenters. The second-order valence-electron chi connectivity index (χ2n) is 6.45. The number of nitrogens with zero attached hydrogens (tertiary/aromatic N) is 1. The molecule has 3 rings (SSSR count). The first kappa shape index (κ1) is 16.0. The molecule has 3 nitrogen and oxygen atoms in total. The van der Waals surface area contributed by atoms with Crippen LogP contribution in [0.1, 0.15) is 29.5 Å². The van der Waals surface area contributed by atoms with Gasteiger partial charge < -0.3 is 15.4 Å². The van der Waals surface area contributed by atoms with Gasteiger partial charge in [-0.25, -0.2) is 4.39 Å². The molecule has 0 unspecified atom stereocenters. The molecule has 0 aliphatic carbocycles. The number of fused-ring (bicyclic) bond motifs is 1. The summed E-state index contributed by atoms with van der Waals surface area (Å²) >= 11 is 0. The second-order valence-corrected chi connectivity index (χ2v) is 6.45. The van der Waals surface area contributed by atoms with E-state index < -0.39 is 5.60 Å². The monoisotopic (exact) mass is 314 g/mol. The van der Waals surface area contributed by atoms with Crippen LogP contribution < -0.4 is 5.73 Å². The molecule has 2 aromatic carbocycles. The van der Waals surface area contributed by atoms with Gasteiger partial charge in [-0.05, 0) is 74.4 Å². The normalized spacial score (nSPS) is 20.0. The van der Waals surface area contributed by atoms with Crippen LogP contribution in [0.15, 0.2) is 42.5 Å². The fourth-order valence-electron chi connectivity index (χ4n) is 3.36. The molecule has 2 N–H and O–H groups in total. The molecule has 4 heteroatoms. The maximum Gasteiger partial charge on any atom is 0.123 e. The molecule has 122 valence electrons. The Balaban J connectivity index is 2.00. The lowest BCUT2D eigenvalue weighted by atomic mass is 9.82. The van der Waals surface area contributed by atoms with Gasteiger partial charge in [0.25, 0.3) is 0 Å². The first-order valence-electron chi connectivity index (χ1n) is 7.95. The Labute approximate surface area is 136 Å². The van der Waals surface area contributed by atoms with Crippen molar-refractivity contribution >= 4 is 5.69 Å². The van der Waals surface area contributed by atoms with Gasteiger partial charge in [-0.3, -0.25) is 0 Å². The van der Waals surface area contributed by atoms with E-state index in [0.29, 0.717) is 6.61 Å². The number of anilines is 1. The summed E-state index contributed by atoms with van der Waals surface area (Å²) in [6.07, 6.45) is 1.85. The van der Waals surface area contributed by atoms with Gasteiger partial charge in [0.1, 0.15) is 11.4 Å². The van der Waals surface area contributed by atoms with Crippen molar-refractivity contribution in [3.63, 3.8) is 0 Å². The van der Waals surface area contributed by atoms with E-state index in [1.165, 1.54) is 12.1 Å². The van der Waals surface area contributed by atoms with Crippen molar-refractivity contribution in [3.8, 4) is 0 Å². The van der Waals surface area contributed by atoms with Gasteiger partial charge in [-0.15, -0.1) is 0 Å². The Kier molecular flexibility index (Phi) is 4.37. The Hall–Kier alpha value is -1.91. The summed E-state index contributed by atoms with van der Waals surface area (Å²) in [5, 5.41) is 0. The lowest BCUT2D eigenvalue weighted by molar-refractivity contribution is -0.0140. The average Bonchev–Trinajstić information content (AvgIpc) is 2.87. The maximum atomic E-state index is 13.3. The van der Waals surface area contributed by atoms with Gasteiger partial charge in [0.15, 0.2) is 0 Å². The van der Waals surface area contributed by atoms with Crippen molar-refractivity contribution in [3.05, 3.63) is 65.0 Å². The fourth-order valence-corrected chi connectivity index (χ4v) is 3.36. The molecular formula is C19H23FN2O. The van der Waals surface area contributed by atoms with Gasteiger partial charge in [-0.2, -0.15) is 0 Å². The number of nitrogen functional groups attached to an aromatic ring is 1. The highest BCUT2D eigenvalue weighted by Crippen LogP contribution is 2.45.